The van der Waals surface area contributed by atoms with E-state index < -0.39 is 5.67 Å². The van der Waals surface area contributed by atoms with E-state index in [9.17, 15) is 9.65 Å². The second-order valence-electron chi connectivity index (χ2n) is 11.0. The van der Waals surface area contributed by atoms with Gasteiger partial charge in [0.1, 0.15) is 5.67 Å². The van der Waals surface area contributed by atoms with Crippen LogP contribution in [0.1, 0.15) is 69.1 Å². The van der Waals surface area contributed by atoms with Crippen LogP contribution in [0.25, 0.3) is 16.8 Å². The normalized spacial score (nSPS) is 17.8. The summed E-state index contributed by atoms with van der Waals surface area (Å²) in [6, 6.07) is 17.4. The summed E-state index contributed by atoms with van der Waals surface area (Å²) in [5, 5.41) is 9.82. The summed E-state index contributed by atoms with van der Waals surface area (Å²) >= 11 is 0. The van der Waals surface area contributed by atoms with Crippen molar-refractivity contribution in [3.63, 3.8) is 0 Å². The van der Waals surface area contributed by atoms with Gasteiger partial charge in [0.2, 0.25) is 0 Å². The first-order valence-corrected chi connectivity index (χ1v) is 13.3. The molecule has 2 aliphatic rings. The monoisotopic (exact) mass is 473 g/mol. The van der Waals surface area contributed by atoms with Crippen LogP contribution in [0.3, 0.4) is 0 Å². The molecular formula is C31H40FN3. The molecule has 0 unspecified atom stereocenters. The number of hydrogen-bond acceptors (Lipinski definition) is 3. The summed E-state index contributed by atoms with van der Waals surface area (Å²) in [5.74, 6) is 0.653. The number of nitriles is 1. The number of alkyl halides is 1. The van der Waals surface area contributed by atoms with Gasteiger partial charge in [-0.25, -0.2) is 4.39 Å². The fraction of sp³-hybridized carbons (Fsp3) is 0.516. The summed E-state index contributed by atoms with van der Waals surface area (Å²) in [5.41, 5.74) is 5.30. The highest BCUT2D eigenvalue weighted by molar-refractivity contribution is 5.70. The van der Waals surface area contributed by atoms with E-state index in [0.717, 1.165) is 79.8 Å². The number of likely N-dealkylation sites (tertiary alicyclic amines) is 2. The average molecular weight is 474 g/mol. The minimum Gasteiger partial charge on any atom is -0.372 e. The molecule has 2 saturated heterocycles. The van der Waals surface area contributed by atoms with Gasteiger partial charge in [-0.3, -0.25) is 0 Å². The second-order valence-corrected chi connectivity index (χ2v) is 11.0. The summed E-state index contributed by atoms with van der Waals surface area (Å²) < 4.78 is 13.9. The second kappa shape index (κ2) is 11.4. The highest BCUT2D eigenvalue weighted by Crippen LogP contribution is 2.29. The zero-order valence-electron chi connectivity index (χ0n) is 21.5. The molecule has 0 aromatic heterocycles. The van der Waals surface area contributed by atoms with Gasteiger partial charge in [0.25, 0.3) is 0 Å². The molecule has 0 N–H and O–H groups in total. The van der Waals surface area contributed by atoms with Crippen LogP contribution in [-0.4, -0.2) is 48.2 Å². The summed E-state index contributed by atoms with van der Waals surface area (Å²) in [6.07, 6.45) is 8.06. The van der Waals surface area contributed by atoms with Gasteiger partial charge in [-0.15, -0.1) is 0 Å². The molecule has 0 amide bonds. The molecule has 35 heavy (non-hydrogen) atoms. The van der Waals surface area contributed by atoms with E-state index in [4.69, 9.17) is 0 Å². The highest BCUT2D eigenvalue weighted by Gasteiger charge is 2.25. The molecule has 4 heteroatoms. The van der Waals surface area contributed by atoms with E-state index in [1.54, 1.807) is 13.8 Å². The Morgan fingerprint density at radius 1 is 1.00 bits per heavy atom. The maximum Gasteiger partial charge on any atom is 0.118 e. The maximum absolute atomic E-state index is 13.9. The van der Waals surface area contributed by atoms with Crippen molar-refractivity contribution in [2.45, 2.75) is 64.5 Å². The number of piperidine rings is 2. The third kappa shape index (κ3) is 6.95. The molecule has 3 nitrogen and oxygen atoms in total. The number of halogens is 1. The van der Waals surface area contributed by atoms with Crippen molar-refractivity contribution in [1.82, 2.24) is 9.80 Å². The first kappa shape index (κ1) is 25.5. The zero-order valence-corrected chi connectivity index (χ0v) is 21.5. The third-order valence-electron chi connectivity index (χ3n) is 7.65. The number of nitrogens with zero attached hydrogens (tertiary/aromatic N) is 3. The molecule has 2 heterocycles. The summed E-state index contributed by atoms with van der Waals surface area (Å²) in [4.78, 5) is 4.64. The van der Waals surface area contributed by atoms with Crippen molar-refractivity contribution < 1.29 is 4.39 Å². The molecule has 0 atom stereocenters. The van der Waals surface area contributed by atoms with Crippen LogP contribution in [-0.2, 0) is 6.42 Å². The lowest BCUT2D eigenvalue weighted by atomic mass is 9.88. The van der Waals surface area contributed by atoms with Crippen molar-refractivity contribution >= 4 is 5.70 Å². The van der Waals surface area contributed by atoms with Crippen molar-refractivity contribution in [3.8, 4) is 17.2 Å². The smallest absolute Gasteiger partial charge is 0.118 e. The van der Waals surface area contributed by atoms with E-state index in [1.165, 1.54) is 24.8 Å². The van der Waals surface area contributed by atoms with E-state index in [2.05, 4.69) is 58.8 Å². The van der Waals surface area contributed by atoms with Gasteiger partial charge in [-0.1, -0.05) is 43.0 Å². The number of benzene rings is 2. The Balaban J connectivity index is 1.34. The lowest BCUT2D eigenvalue weighted by Crippen LogP contribution is -2.41. The van der Waals surface area contributed by atoms with Gasteiger partial charge in [0.05, 0.1) is 11.6 Å². The predicted molar refractivity (Wildman–Crippen MR) is 144 cm³/mol. The molecule has 0 spiro atoms. The van der Waals surface area contributed by atoms with Gasteiger partial charge >= 0.3 is 0 Å². The Hall–Kier alpha value is -2.64. The molecule has 186 valence electrons. The minimum atomic E-state index is -1.13. The van der Waals surface area contributed by atoms with Gasteiger partial charge in [0.15, 0.2) is 0 Å². The van der Waals surface area contributed by atoms with Crippen LogP contribution in [0.15, 0.2) is 49.0 Å². The lowest BCUT2D eigenvalue weighted by molar-refractivity contribution is 0.0943. The molecule has 2 aromatic carbocycles. The van der Waals surface area contributed by atoms with Crippen molar-refractivity contribution in [2.24, 2.45) is 5.92 Å². The first-order chi connectivity index (χ1) is 16.8. The Kier molecular flexibility index (Phi) is 8.29. The fourth-order valence-electron chi connectivity index (χ4n) is 5.60. The highest BCUT2D eigenvalue weighted by atomic mass is 19.1. The standard InChI is InChI=1S/C31H40FN3/c1-24(35-17-5-4-6-18-35)26-9-11-27(12-10-26)29-14-13-28(30(21-29)22-33)8-7-25-15-19-34(20-16-25)23-31(2,3)32/h9-14,21,25H,1,4-8,15-20,23H2,2-3H3. The van der Waals surface area contributed by atoms with Crippen molar-refractivity contribution in [2.75, 3.05) is 32.7 Å². The zero-order chi connectivity index (χ0) is 24.8. The van der Waals surface area contributed by atoms with Crippen LogP contribution in [0.2, 0.25) is 0 Å². The van der Waals surface area contributed by atoms with Crippen LogP contribution >= 0.6 is 0 Å². The van der Waals surface area contributed by atoms with Crippen LogP contribution in [0.5, 0.6) is 0 Å². The molecule has 0 radical (unpaired) electrons. The number of aryl methyl sites for hydroxylation is 1. The summed E-state index contributed by atoms with van der Waals surface area (Å²) in [6.45, 7) is 12.3. The number of rotatable bonds is 8. The van der Waals surface area contributed by atoms with E-state index in [0.29, 0.717) is 12.5 Å². The van der Waals surface area contributed by atoms with Crippen LogP contribution < -0.4 is 0 Å². The van der Waals surface area contributed by atoms with E-state index in [-0.39, 0.29) is 0 Å². The molecule has 0 saturated carbocycles. The first-order valence-electron chi connectivity index (χ1n) is 13.3. The Bertz CT molecular complexity index is 1030. The van der Waals surface area contributed by atoms with Crippen LogP contribution in [0.4, 0.5) is 4.39 Å². The Morgan fingerprint density at radius 3 is 2.29 bits per heavy atom. The van der Waals surface area contributed by atoms with Gasteiger partial charge in [0, 0.05) is 25.3 Å². The molecule has 2 fully saturated rings. The lowest BCUT2D eigenvalue weighted by Gasteiger charge is -2.34. The summed E-state index contributed by atoms with van der Waals surface area (Å²) in [7, 11) is 0. The van der Waals surface area contributed by atoms with Gasteiger partial charge < -0.3 is 9.80 Å². The van der Waals surface area contributed by atoms with Crippen LogP contribution in [0, 0.1) is 17.2 Å². The third-order valence-corrected chi connectivity index (χ3v) is 7.65. The minimum absolute atomic E-state index is 0.521. The van der Waals surface area contributed by atoms with Crippen molar-refractivity contribution in [3.05, 3.63) is 65.7 Å². The largest absolute Gasteiger partial charge is 0.372 e. The quantitative estimate of drug-likeness (QED) is 0.410. The topological polar surface area (TPSA) is 30.3 Å². The van der Waals surface area contributed by atoms with E-state index in [1.807, 2.05) is 6.07 Å². The molecule has 0 bridgehead atoms. The molecule has 2 aliphatic heterocycles. The molecule has 2 aromatic rings. The van der Waals surface area contributed by atoms with E-state index >= 15 is 0 Å². The fourth-order valence-corrected chi connectivity index (χ4v) is 5.60. The molecule has 0 aliphatic carbocycles. The maximum atomic E-state index is 13.9. The average Bonchev–Trinajstić information content (AvgIpc) is 2.87. The SMILES string of the molecule is C=C(c1ccc(-c2ccc(CCC3CCN(CC(C)(C)F)CC3)c(C#N)c2)cc1)N1CCCCC1. The van der Waals surface area contributed by atoms with Gasteiger partial charge in [-0.05, 0) is 106 Å². The Morgan fingerprint density at radius 2 is 1.66 bits per heavy atom. The molecular weight excluding hydrogens is 433 g/mol. The Labute approximate surface area is 211 Å². The van der Waals surface area contributed by atoms with Gasteiger partial charge in [-0.2, -0.15) is 5.26 Å². The van der Waals surface area contributed by atoms with Crippen molar-refractivity contribution in [1.29, 1.82) is 5.26 Å². The predicted octanol–water partition coefficient (Wildman–Crippen LogP) is 7.07. The number of hydrogen-bond donors (Lipinski definition) is 0. The molecule has 4 rings (SSSR count).